The quantitative estimate of drug-likeness (QED) is 0.822. The van der Waals surface area contributed by atoms with Gasteiger partial charge in [-0.1, -0.05) is 6.07 Å². The Morgan fingerprint density at radius 2 is 2.28 bits per heavy atom. The predicted molar refractivity (Wildman–Crippen MR) is 88.8 cm³/mol. The summed E-state index contributed by atoms with van der Waals surface area (Å²) in [4.78, 5) is 25.3. The van der Waals surface area contributed by atoms with Crippen molar-refractivity contribution in [3.8, 4) is 0 Å². The number of rotatable bonds is 5. The molecule has 3 rings (SSSR count). The van der Waals surface area contributed by atoms with Crippen LogP contribution >= 0.6 is 0 Å². The molecule has 0 aliphatic carbocycles. The van der Waals surface area contributed by atoms with Crippen molar-refractivity contribution >= 4 is 17.7 Å². The first kappa shape index (κ1) is 17.5. The van der Waals surface area contributed by atoms with Crippen LogP contribution in [0.1, 0.15) is 18.9 Å². The molecule has 0 radical (unpaired) electrons. The van der Waals surface area contributed by atoms with Gasteiger partial charge >= 0.3 is 6.09 Å². The number of hydrogen-bond acceptors (Lipinski definition) is 5. The lowest BCUT2D eigenvalue weighted by atomic mass is 9.76. The number of amides is 2. The van der Waals surface area contributed by atoms with Crippen molar-refractivity contribution in [2.45, 2.75) is 31.0 Å². The fraction of sp³-hybridized carbons (Fsp3) is 0.529. The fourth-order valence-electron chi connectivity index (χ4n) is 3.42. The molecule has 3 unspecified atom stereocenters. The molecule has 0 aromatic heterocycles. The Morgan fingerprint density at radius 1 is 1.52 bits per heavy atom. The Balaban J connectivity index is 1.90. The van der Waals surface area contributed by atoms with Crippen molar-refractivity contribution in [2.24, 2.45) is 5.73 Å². The van der Waals surface area contributed by atoms with E-state index in [2.05, 4.69) is 5.32 Å². The average Bonchev–Trinajstić information content (AvgIpc) is 3.22. The number of alkyl carbamates (subject to hydrolysis) is 1. The summed E-state index contributed by atoms with van der Waals surface area (Å²) < 4.78 is 25.2. The number of anilines is 1. The fourth-order valence-corrected chi connectivity index (χ4v) is 3.42. The van der Waals surface area contributed by atoms with E-state index in [1.165, 1.54) is 6.07 Å². The molecule has 0 spiro atoms. The summed E-state index contributed by atoms with van der Waals surface area (Å²) in [6.07, 6.45) is -0.482. The van der Waals surface area contributed by atoms with E-state index in [0.717, 1.165) is 6.42 Å². The monoisotopic (exact) mass is 351 g/mol. The number of halogens is 1. The molecule has 2 aliphatic heterocycles. The lowest BCUT2D eigenvalue weighted by Gasteiger charge is -2.31. The number of carbonyl (C=O) groups is 2. The van der Waals surface area contributed by atoms with E-state index in [1.807, 2.05) is 4.90 Å². The summed E-state index contributed by atoms with van der Waals surface area (Å²) in [7, 11) is 1.64. The lowest BCUT2D eigenvalue weighted by molar-refractivity contribution is -0.126. The average molecular weight is 351 g/mol. The number of methoxy groups -OCH3 is 1. The number of carbonyl (C=O) groups excluding carboxylic acids is 2. The molecule has 136 valence electrons. The molecule has 2 fully saturated rings. The van der Waals surface area contributed by atoms with Gasteiger partial charge in [0.05, 0.1) is 18.3 Å². The van der Waals surface area contributed by atoms with Crippen LogP contribution in [0.3, 0.4) is 0 Å². The number of hydrogen-bond donors (Lipinski definition) is 2. The van der Waals surface area contributed by atoms with Crippen LogP contribution in [0.5, 0.6) is 0 Å². The standard InChI is InChI=1S/C17H22FN3O4/c1-17(15(19)22,14-8-20-16(23)25-14)10-3-4-13(12(18)7-10)21-6-5-11(9-21)24-2/h3-4,7,11,14H,5-6,8-9H2,1-2H3,(H2,19,22)(H,20,23). The highest BCUT2D eigenvalue weighted by molar-refractivity contribution is 5.88. The number of cyclic esters (lactones) is 1. The molecule has 2 aliphatic rings. The number of nitrogens with two attached hydrogens (primary N) is 1. The minimum Gasteiger partial charge on any atom is -0.443 e. The first-order valence-corrected chi connectivity index (χ1v) is 8.18. The van der Waals surface area contributed by atoms with Gasteiger partial charge < -0.3 is 25.4 Å². The van der Waals surface area contributed by atoms with E-state index >= 15 is 0 Å². The van der Waals surface area contributed by atoms with Gasteiger partial charge in [0, 0.05) is 20.2 Å². The van der Waals surface area contributed by atoms with Gasteiger partial charge in [-0.2, -0.15) is 0 Å². The minimum atomic E-state index is -1.32. The molecule has 1 aromatic rings. The van der Waals surface area contributed by atoms with Crippen molar-refractivity contribution in [3.05, 3.63) is 29.6 Å². The smallest absolute Gasteiger partial charge is 0.407 e. The molecule has 3 N–H and O–H groups in total. The second kappa shape index (κ2) is 6.51. The van der Waals surface area contributed by atoms with Crippen molar-refractivity contribution in [2.75, 3.05) is 31.6 Å². The predicted octanol–water partition coefficient (Wildman–Crippen LogP) is 0.902. The van der Waals surface area contributed by atoms with Crippen molar-refractivity contribution in [1.29, 1.82) is 0 Å². The zero-order valence-corrected chi connectivity index (χ0v) is 14.3. The molecule has 8 heteroatoms. The van der Waals surface area contributed by atoms with Crippen LogP contribution in [0.25, 0.3) is 0 Å². The van der Waals surface area contributed by atoms with E-state index < -0.39 is 29.3 Å². The molecular weight excluding hydrogens is 329 g/mol. The summed E-state index contributed by atoms with van der Waals surface area (Å²) in [6.45, 7) is 3.02. The van der Waals surface area contributed by atoms with Gasteiger partial charge in [0.15, 0.2) is 0 Å². The number of benzene rings is 1. The SMILES string of the molecule is COC1CCN(c2ccc(C(C)(C(N)=O)C3CNC(=O)O3)cc2F)C1. The Morgan fingerprint density at radius 3 is 2.80 bits per heavy atom. The van der Waals surface area contributed by atoms with Crippen LogP contribution in [-0.2, 0) is 19.7 Å². The van der Waals surface area contributed by atoms with Crippen molar-refractivity contribution < 1.29 is 23.5 Å². The largest absolute Gasteiger partial charge is 0.443 e. The van der Waals surface area contributed by atoms with Gasteiger partial charge in [0.25, 0.3) is 0 Å². The van der Waals surface area contributed by atoms with E-state index in [9.17, 15) is 14.0 Å². The van der Waals surface area contributed by atoms with E-state index in [0.29, 0.717) is 24.3 Å². The van der Waals surface area contributed by atoms with Gasteiger partial charge in [-0.15, -0.1) is 0 Å². The first-order chi connectivity index (χ1) is 11.9. The number of primary amides is 1. The summed E-state index contributed by atoms with van der Waals surface area (Å²) in [6, 6.07) is 4.59. The van der Waals surface area contributed by atoms with Crippen LogP contribution in [0.15, 0.2) is 18.2 Å². The second-order valence-corrected chi connectivity index (χ2v) is 6.60. The summed E-state index contributed by atoms with van der Waals surface area (Å²) in [5, 5.41) is 2.50. The highest BCUT2D eigenvalue weighted by Crippen LogP contribution is 2.34. The zero-order chi connectivity index (χ0) is 18.2. The Labute approximate surface area is 145 Å². The third kappa shape index (κ3) is 3.02. The Bertz CT molecular complexity index is 698. The molecule has 2 amide bonds. The number of nitrogens with one attached hydrogen (secondary N) is 1. The maximum atomic E-state index is 14.7. The molecular formula is C17H22FN3O4. The molecule has 2 saturated heterocycles. The van der Waals surface area contributed by atoms with Crippen molar-refractivity contribution in [3.63, 3.8) is 0 Å². The summed E-state index contributed by atoms with van der Waals surface area (Å²) in [5.74, 6) is -1.12. The highest BCUT2D eigenvalue weighted by Gasteiger charge is 2.47. The van der Waals surface area contributed by atoms with Gasteiger partial charge in [-0.25, -0.2) is 9.18 Å². The van der Waals surface area contributed by atoms with Crippen LogP contribution in [0.2, 0.25) is 0 Å². The van der Waals surface area contributed by atoms with E-state index in [4.69, 9.17) is 15.2 Å². The van der Waals surface area contributed by atoms with Gasteiger partial charge in [-0.3, -0.25) is 4.79 Å². The van der Waals surface area contributed by atoms with Gasteiger partial charge in [-0.05, 0) is 31.0 Å². The molecule has 0 saturated carbocycles. The molecule has 25 heavy (non-hydrogen) atoms. The molecule has 0 bridgehead atoms. The number of ether oxygens (including phenoxy) is 2. The molecule has 7 nitrogen and oxygen atoms in total. The summed E-state index contributed by atoms with van der Waals surface area (Å²) >= 11 is 0. The third-order valence-electron chi connectivity index (χ3n) is 5.20. The molecule has 3 atom stereocenters. The van der Waals surface area contributed by atoms with E-state index in [-0.39, 0.29) is 12.6 Å². The maximum absolute atomic E-state index is 14.7. The van der Waals surface area contributed by atoms with Crippen LogP contribution in [0.4, 0.5) is 14.9 Å². The highest BCUT2D eigenvalue weighted by atomic mass is 19.1. The zero-order valence-electron chi connectivity index (χ0n) is 14.3. The van der Waals surface area contributed by atoms with Gasteiger partial charge in [0.1, 0.15) is 17.3 Å². The Kier molecular flexibility index (Phi) is 4.55. The van der Waals surface area contributed by atoms with Crippen molar-refractivity contribution in [1.82, 2.24) is 5.32 Å². The second-order valence-electron chi connectivity index (χ2n) is 6.60. The van der Waals surface area contributed by atoms with Gasteiger partial charge in [0.2, 0.25) is 5.91 Å². The lowest BCUT2D eigenvalue weighted by Crippen LogP contribution is -2.49. The number of nitrogens with zero attached hydrogens (tertiary/aromatic N) is 1. The molecule has 2 heterocycles. The third-order valence-corrected chi connectivity index (χ3v) is 5.20. The minimum absolute atomic E-state index is 0.0823. The maximum Gasteiger partial charge on any atom is 0.407 e. The van der Waals surface area contributed by atoms with Crippen LogP contribution < -0.4 is 16.0 Å². The normalized spacial score (nSPS) is 25.4. The van der Waals surface area contributed by atoms with Crippen LogP contribution in [0, 0.1) is 5.82 Å². The topological polar surface area (TPSA) is 93.9 Å². The summed E-state index contributed by atoms with van der Waals surface area (Å²) in [5.41, 5.74) is 5.08. The Hall–Kier alpha value is -2.35. The molecule has 1 aromatic carbocycles. The van der Waals surface area contributed by atoms with Crippen LogP contribution in [-0.4, -0.2) is 51.0 Å². The first-order valence-electron chi connectivity index (χ1n) is 8.18. The van der Waals surface area contributed by atoms with E-state index in [1.54, 1.807) is 26.2 Å².